The number of nitrogens with zero attached hydrogens (tertiary/aromatic N) is 1. The number of rotatable bonds is 3. The van der Waals surface area contributed by atoms with E-state index >= 15 is 0 Å². The van der Waals surface area contributed by atoms with Gasteiger partial charge < -0.3 is 10.2 Å². The van der Waals surface area contributed by atoms with E-state index < -0.39 is 18.6 Å². The lowest BCUT2D eigenvalue weighted by atomic mass is 9.96. The van der Waals surface area contributed by atoms with Crippen LogP contribution < -0.4 is 5.32 Å². The molecule has 2 rings (SSSR count). The Hall–Kier alpha value is -0.290. The molecule has 0 saturated carbocycles. The third kappa shape index (κ3) is 3.85. The van der Waals surface area contributed by atoms with Crippen LogP contribution in [-0.2, 0) is 0 Å². The summed E-state index contributed by atoms with van der Waals surface area (Å²) < 4.78 is 36.7. The molecule has 0 amide bonds. The summed E-state index contributed by atoms with van der Waals surface area (Å²) in [7, 11) is 0. The van der Waals surface area contributed by atoms with Crippen LogP contribution in [0.5, 0.6) is 0 Å². The summed E-state index contributed by atoms with van der Waals surface area (Å²) in [5.41, 5.74) is 0. The molecule has 100 valence electrons. The number of piperidine rings is 1. The van der Waals surface area contributed by atoms with Crippen LogP contribution in [0.4, 0.5) is 13.2 Å². The Labute approximate surface area is 101 Å². The van der Waals surface area contributed by atoms with E-state index in [9.17, 15) is 13.2 Å². The van der Waals surface area contributed by atoms with Gasteiger partial charge in [-0.1, -0.05) is 0 Å². The zero-order chi connectivity index (χ0) is 12.5. The quantitative estimate of drug-likeness (QED) is 0.828. The van der Waals surface area contributed by atoms with Gasteiger partial charge in [-0.3, -0.25) is 0 Å². The predicted octanol–water partition coefficient (Wildman–Crippen LogP) is 2.54. The molecule has 3 unspecified atom stereocenters. The van der Waals surface area contributed by atoms with E-state index in [0.29, 0.717) is 6.04 Å². The highest BCUT2D eigenvalue weighted by molar-refractivity contribution is 4.90. The summed E-state index contributed by atoms with van der Waals surface area (Å²) in [6.07, 6.45) is -0.319. The van der Waals surface area contributed by atoms with Crippen molar-refractivity contribution in [2.45, 2.75) is 63.3 Å². The van der Waals surface area contributed by atoms with E-state index in [4.69, 9.17) is 0 Å². The summed E-state index contributed by atoms with van der Waals surface area (Å²) >= 11 is 0. The summed E-state index contributed by atoms with van der Waals surface area (Å²) in [6.45, 7) is 3.85. The van der Waals surface area contributed by atoms with Crippen LogP contribution in [0, 0.1) is 0 Å². The van der Waals surface area contributed by atoms with Crippen molar-refractivity contribution in [3.8, 4) is 0 Å². The van der Waals surface area contributed by atoms with Crippen molar-refractivity contribution < 1.29 is 13.2 Å². The van der Waals surface area contributed by atoms with E-state index in [1.807, 2.05) is 0 Å². The zero-order valence-electron chi connectivity index (χ0n) is 10.3. The Morgan fingerprint density at radius 1 is 1.29 bits per heavy atom. The average molecular weight is 250 g/mol. The molecule has 0 aromatic rings. The lowest BCUT2D eigenvalue weighted by molar-refractivity contribution is -0.139. The summed E-state index contributed by atoms with van der Waals surface area (Å²) in [5, 5.41) is 3.14. The molecule has 2 fully saturated rings. The molecule has 0 radical (unpaired) electrons. The normalized spacial score (nSPS) is 32.5. The van der Waals surface area contributed by atoms with Crippen LogP contribution in [0.1, 0.15) is 39.0 Å². The molecule has 2 saturated heterocycles. The van der Waals surface area contributed by atoms with E-state index in [0.717, 1.165) is 19.4 Å². The molecule has 0 aromatic carbocycles. The smallest absolute Gasteiger partial charge is 0.311 e. The first-order chi connectivity index (χ1) is 7.94. The Balaban J connectivity index is 1.76. The average Bonchev–Trinajstić information content (AvgIpc) is 2.61. The van der Waals surface area contributed by atoms with Crippen molar-refractivity contribution in [2.75, 3.05) is 13.1 Å². The molecule has 1 N–H and O–H groups in total. The second kappa shape index (κ2) is 5.14. The van der Waals surface area contributed by atoms with Crippen LogP contribution in [0.25, 0.3) is 0 Å². The summed E-state index contributed by atoms with van der Waals surface area (Å²) in [5.74, 6) is 0. The van der Waals surface area contributed by atoms with Gasteiger partial charge in [0.25, 0.3) is 0 Å². The van der Waals surface area contributed by atoms with Crippen molar-refractivity contribution >= 4 is 0 Å². The maximum atomic E-state index is 12.2. The molecular weight excluding hydrogens is 229 g/mol. The second-order valence-corrected chi connectivity index (χ2v) is 5.44. The largest absolute Gasteiger partial charge is 0.390 e. The molecule has 0 spiro atoms. The van der Waals surface area contributed by atoms with Crippen LogP contribution >= 0.6 is 0 Å². The number of halogens is 3. The SMILES string of the molecule is CC(CC(F)(F)F)NC1CCN2CCCC2C1. The van der Waals surface area contributed by atoms with Gasteiger partial charge in [-0.05, 0) is 45.7 Å². The molecule has 2 aliphatic heterocycles. The van der Waals surface area contributed by atoms with Crippen LogP contribution in [0.15, 0.2) is 0 Å². The fourth-order valence-electron chi connectivity index (χ4n) is 3.18. The second-order valence-electron chi connectivity index (χ2n) is 5.44. The Morgan fingerprint density at radius 3 is 2.76 bits per heavy atom. The highest BCUT2D eigenvalue weighted by Gasteiger charge is 2.34. The molecule has 2 heterocycles. The minimum absolute atomic E-state index is 0.270. The monoisotopic (exact) mass is 250 g/mol. The van der Waals surface area contributed by atoms with Gasteiger partial charge in [-0.25, -0.2) is 0 Å². The maximum absolute atomic E-state index is 12.2. The van der Waals surface area contributed by atoms with Crippen LogP contribution in [0.2, 0.25) is 0 Å². The Kier molecular flexibility index (Phi) is 3.98. The number of fused-ring (bicyclic) bond motifs is 1. The van der Waals surface area contributed by atoms with Crippen molar-refractivity contribution in [1.29, 1.82) is 0 Å². The molecule has 5 heteroatoms. The summed E-state index contributed by atoms with van der Waals surface area (Å²) in [6, 6.07) is 0.416. The Bertz CT molecular complexity index is 255. The molecule has 0 aliphatic carbocycles. The standard InChI is InChI=1S/C12H21F3N2/c1-9(8-12(13,14)15)16-10-4-6-17-5-2-3-11(17)7-10/h9-11,16H,2-8H2,1H3. The number of hydrogen-bond donors (Lipinski definition) is 1. The lowest BCUT2D eigenvalue weighted by Gasteiger charge is -2.36. The van der Waals surface area contributed by atoms with Crippen molar-refractivity contribution in [1.82, 2.24) is 10.2 Å². The first-order valence-corrected chi connectivity index (χ1v) is 6.51. The zero-order valence-corrected chi connectivity index (χ0v) is 10.3. The van der Waals surface area contributed by atoms with Gasteiger partial charge in [0.15, 0.2) is 0 Å². The highest BCUT2D eigenvalue weighted by Crippen LogP contribution is 2.28. The summed E-state index contributed by atoms with van der Waals surface area (Å²) in [4.78, 5) is 2.48. The number of nitrogens with one attached hydrogen (secondary N) is 1. The number of alkyl halides is 3. The fraction of sp³-hybridized carbons (Fsp3) is 1.00. The van der Waals surface area contributed by atoms with Crippen molar-refractivity contribution in [2.24, 2.45) is 0 Å². The van der Waals surface area contributed by atoms with Gasteiger partial charge in [-0.15, -0.1) is 0 Å². The van der Waals surface area contributed by atoms with Gasteiger partial charge in [0, 0.05) is 18.1 Å². The topological polar surface area (TPSA) is 15.3 Å². The first kappa shape index (κ1) is 13.1. The van der Waals surface area contributed by atoms with Gasteiger partial charge in [0.2, 0.25) is 0 Å². The highest BCUT2D eigenvalue weighted by atomic mass is 19.4. The minimum atomic E-state index is -4.06. The van der Waals surface area contributed by atoms with Crippen molar-refractivity contribution in [3.63, 3.8) is 0 Å². The van der Waals surface area contributed by atoms with Gasteiger partial charge >= 0.3 is 6.18 Å². The molecule has 2 aliphatic rings. The van der Waals surface area contributed by atoms with E-state index in [2.05, 4.69) is 10.2 Å². The lowest BCUT2D eigenvalue weighted by Crippen LogP contribution is -2.48. The molecule has 17 heavy (non-hydrogen) atoms. The van der Waals surface area contributed by atoms with Crippen molar-refractivity contribution in [3.05, 3.63) is 0 Å². The fourth-order valence-corrected chi connectivity index (χ4v) is 3.18. The van der Waals surface area contributed by atoms with Crippen LogP contribution in [0.3, 0.4) is 0 Å². The Morgan fingerprint density at radius 2 is 2.06 bits per heavy atom. The van der Waals surface area contributed by atoms with E-state index in [1.165, 1.54) is 19.4 Å². The predicted molar refractivity (Wildman–Crippen MR) is 60.9 cm³/mol. The van der Waals surface area contributed by atoms with Crippen LogP contribution in [-0.4, -0.2) is 42.3 Å². The van der Waals surface area contributed by atoms with E-state index in [1.54, 1.807) is 6.92 Å². The molecule has 2 nitrogen and oxygen atoms in total. The maximum Gasteiger partial charge on any atom is 0.390 e. The first-order valence-electron chi connectivity index (χ1n) is 6.51. The van der Waals surface area contributed by atoms with Gasteiger partial charge in [0.05, 0.1) is 6.42 Å². The minimum Gasteiger partial charge on any atom is -0.311 e. The van der Waals surface area contributed by atoms with E-state index in [-0.39, 0.29) is 6.04 Å². The molecule has 0 aromatic heterocycles. The molecule has 3 atom stereocenters. The number of hydrogen-bond acceptors (Lipinski definition) is 2. The van der Waals surface area contributed by atoms with Gasteiger partial charge in [-0.2, -0.15) is 13.2 Å². The van der Waals surface area contributed by atoms with Gasteiger partial charge in [0.1, 0.15) is 0 Å². The third-order valence-electron chi connectivity index (χ3n) is 3.88. The molecular formula is C12H21F3N2. The third-order valence-corrected chi connectivity index (χ3v) is 3.88. The molecule has 0 bridgehead atoms.